The van der Waals surface area contributed by atoms with Crippen LogP contribution in [0.3, 0.4) is 0 Å². The van der Waals surface area contributed by atoms with Crippen LogP contribution in [0, 0.1) is 20.8 Å². The maximum Gasteiger partial charge on any atom is 0.174 e. The summed E-state index contributed by atoms with van der Waals surface area (Å²) in [6.07, 6.45) is 1.85. The van der Waals surface area contributed by atoms with Gasteiger partial charge in [0.1, 0.15) is 0 Å². The lowest BCUT2D eigenvalue weighted by Crippen LogP contribution is -2.29. The Hall–Kier alpha value is -3.96. The Balaban J connectivity index is 1.55. The van der Waals surface area contributed by atoms with Crippen molar-refractivity contribution in [2.45, 2.75) is 32.9 Å². The number of benzene rings is 3. The van der Waals surface area contributed by atoms with Crippen LogP contribution in [0.15, 0.2) is 97.2 Å². The molecule has 1 fully saturated rings. The van der Waals surface area contributed by atoms with E-state index in [0.717, 1.165) is 16.5 Å². The third-order valence-electron chi connectivity index (χ3n) is 7.21. The Kier molecular flexibility index (Phi) is 5.57. The molecule has 1 aliphatic rings. The highest BCUT2D eigenvalue weighted by atomic mass is 32.1. The zero-order valence-corrected chi connectivity index (χ0v) is 21.5. The minimum absolute atomic E-state index is 0.0370. The molecular weight excluding hydrogens is 460 g/mol. The number of fused-ring (bicyclic) bond motifs is 1. The first-order valence-corrected chi connectivity index (χ1v) is 12.7. The molecule has 2 aromatic heterocycles. The van der Waals surface area contributed by atoms with E-state index in [1.165, 1.54) is 39.0 Å². The van der Waals surface area contributed by atoms with Crippen LogP contribution in [-0.4, -0.2) is 14.7 Å². The van der Waals surface area contributed by atoms with Crippen LogP contribution in [-0.2, 0) is 0 Å². The highest BCUT2D eigenvalue weighted by Crippen LogP contribution is 2.44. The summed E-state index contributed by atoms with van der Waals surface area (Å²) < 4.78 is 2.38. The molecule has 3 heterocycles. The van der Waals surface area contributed by atoms with E-state index in [1.54, 1.807) is 0 Å². The number of thiocarbonyl (C=S) groups is 1. The molecule has 0 spiro atoms. The molecule has 0 amide bonds. The molecule has 36 heavy (non-hydrogen) atoms. The first kappa shape index (κ1) is 22.5. The van der Waals surface area contributed by atoms with Crippen molar-refractivity contribution < 1.29 is 0 Å². The van der Waals surface area contributed by atoms with Crippen LogP contribution in [0.2, 0.25) is 0 Å². The van der Waals surface area contributed by atoms with Gasteiger partial charge in [-0.3, -0.25) is 4.98 Å². The van der Waals surface area contributed by atoms with Gasteiger partial charge >= 0.3 is 0 Å². The van der Waals surface area contributed by atoms with Gasteiger partial charge in [-0.25, -0.2) is 0 Å². The molecular formula is C31H28N4S. The average molecular weight is 489 g/mol. The molecule has 6 rings (SSSR count). The molecule has 2 atom stereocenters. The molecule has 1 N–H and O–H groups in total. The second-order valence-corrected chi connectivity index (χ2v) is 9.88. The van der Waals surface area contributed by atoms with Crippen LogP contribution in [0.25, 0.3) is 16.5 Å². The summed E-state index contributed by atoms with van der Waals surface area (Å²) >= 11 is 5.93. The average Bonchev–Trinajstić information content (AvgIpc) is 3.39. The van der Waals surface area contributed by atoms with Crippen molar-refractivity contribution in [3.8, 4) is 5.69 Å². The van der Waals surface area contributed by atoms with Gasteiger partial charge in [-0.15, -0.1) is 0 Å². The maximum atomic E-state index is 5.93. The Morgan fingerprint density at radius 2 is 1.58 bits per heavy atom. The fraction of sp³-hybridized carbons (Fsp3) is 0.161. The Morgan fingerprint density at radius 1 is 0.833 bits per heavy atom. The number of nitrogens with zero attached hydrogens (tertiary/aromatic N) is 3. The quantitative estimate of drug-likeness (QED) is 0.273. The van der Waals surface area contributed by atoms with E-state index in [1.807, 2.05) is 18.3 Å². The minimum Gasteiger partial charge on any atom is -0.351 e. The summed E-state index contributed by atoms with van der Waals surface area (Å²) in [5, 5.41) is 6.79. The Bertz CT molecular complexity index is 1560. The number of aromatic nitrogens is 2. The second-order valence-electron chi connectivity index (χ2n) is 9.49. The predicted molar refractivity (Wildman–Crippen MR) is 152 cm³/mol. The largest absolute Gasteiger partial charge is 0.351 e. The molecule has 1 aliphatic heterocycles. The predicted octanol–water partition coefficient (Wildman–Crippen LogP) is 7.13. The molecule has 4 nitrogen and oxygen atoms in total. The molecule has 3 aromatic carbocycles. The molecule has 5 heteroatoms. The van der Waals surface area contributed by atoms with E-state index >= 15 is 0 Å². The Morgan fingerprint density at radius 3 is 2.36 bits per heavy atom. The second kappa shape index (κ2) is 8.92. The number of aryl methyl sites for hydroxylation is 2. The molecule has 0 unspecified atom stereocenters. The van der Waals surface area contributed by atoms with Gasteiger partial charge < -0.3 is 14.8 Å². The van der Waals surface area contributed by atoms with Crippen LogP contribution in [0.5, 0.6) is 0 Å². The van der Waals surface area contributed by atoms with E-state index in [4.69, 9.17) is 17.2 Å². The standard InChI is InChI=1S/C31H28N4S/c1-20-14-16-24(17-15-20)35-30(29(33-31(35)36)27-12-6-7-18-32-27)26-19-21(2)34(22(26)3)28-13-8-10-23-9-4-5-11-25(23)28/h4-19,29-30H,1-3H3,(H,33,36)/t29-,30+/m0/s1. The number of rotatable bonds is 4. The van der Waals surface area contributed by atoms with Gasteiger partial charge in [0.15, 0.2) is 5.11 Å². The fourth-order valence-electron chi connectivity index (χ4n) is 5.52. The van der Waals surface area contributed by atoms with Gasteiger partial charge in [0.25, 0.3) is 0 Å². The van der Waals surface area contributed by atoms with Crippen molar-refractivity contribution in [2.24, 2.45) is 0 Å². The smallest absolute Gasteiger partial charge is 0.174 e. The molecule has 0 aliphatic carbocycles. The van der Waals surface area contributed by atoms with E-state index < -0.39 is 0 Å². The molecule has 5 aromatic rings. The van der Waals surface area contributed by atoms with Crippen LogP contribution >= 0.6 is 12.2 Å². The van der Waals surface area contributed by atoms with Crippen molar-refractivity contribution >= 4 is 33.8 Å². The summed E-state index contributed by atoms with van der Waals surface area (Å²) in [7, 11) is 0. The summed E-state index contributed by atoms with van der Waals surface area (Å²) in [4.78, 5) is 6.97. The molecule has 0 bridgehead atoms. The lowest BCUT2D eigenvalue weighted by Gasteiger charge is -2.28. The van der Waals surface area contributed by atoms with Crippen LogP contribution < -0.4 is 10.2 Å². The first-order chi connectivity index (χ1) is 17.5. The van der Waals surface area contributed by atoms with Gasteiger partial charge in [-0.2, -0.15) is 0 Å². The zero-order chi connectivity index (χ0) is 24.8. The lowest BCUT2D eigenvalue weighted by molar-refractivity contribution is 0.565. The molecule has 0 saturated carbocycles. The third-order valence-corrected chi connectivity index (χ3v) is 7.52. The SMILES string of the molecule is Cc1ccc(N2C(=S)N[C@@H](c3ccccn3)[C@H]2c2cc(C)n(-c3cccc4ccccc34)c2C)cc1. The first-order valence-electron chi connectivity index (χ1n) is 12.3. The number of anilines is 1. The van der Waals surface area contributed by atoms with Gasteiger partial charge in [-0.1, -0.05) is 60.2 Å². The topological polar surface area (TPSA) is 33.1 Å². The highest BCUT2D eigenvalue weighted by molar-refractivity contribution is 7.80. The van der Waals surface area contributed by atoms with Gasteiger partial charge in [0.05, 0.1) is 23.5 Å². The minimum atomic E-state index is -0.0681. The zero-order valence-electron chi connectivity index (χ0n) is 20.6. The lowest BCUT2D eigenvalue weighted by atomic mass is 9.96. The Labute approximate surface area is 217 Å². The van der Waals surface area contributed by atoms with Crippen molar-refractivity contribution in [3.63, 3.8) is 0 Å². The summed E-state index contributed by atoms with van der Waals surface area (Å²) in [6.45, 7) is 6.51. The summed E-state index contributed by atoms with van der Waals surface area (Å²) in [6, 6.07) is 32.0. The van der Waals surface area contributed by atoms with Crippen LogP contribution in [0.1, 0.15) is 40.3 Å². The number of nitrogens with one attached hydrogen (secondary N) is 1. The number of hydrogen-bond donors (Lipinski definition) is 1. The van der Waals surface area contributed by atoms with Crippen molar-refractivity contribution in [2.75, 3.05) is 4.90 Å². The molecule has 178 valence electrons. The van der Waals surface area contributed by atoms with Gasteiger partial charge in [0, 0.05) is 28.7 Å². The van der Waals surface area contributed by atoms with E-state index in [2.05, 4.69) is 114 Å². The number of pyridine rings is 1. The van der Waals surface area contributed by atoms with Crippen molar-refractivity contribution in [1.82, 2.24) is 14.9 Å². The van der Waals surface area contributed by atoms with Crippen molar-refractivity contribution in [3.05, 3.63) is 125 Å². The molecule has 1 saturated heterocycles. The highest BCUT2D eigenvalue weighted by Gasteiger charge is 2.42. The van der Waals surface area contributed by atoms with Crippen molar-refractivity contribution in [1.29, 1.82) is 0 Å². The van der Waals surface area contributed by atoms with E-state index in [-0.39, 0.29) is 12.1 Å². The maximum absolute atomic E-state index is 5.93. The van der Waals surface area contributed by atoms with Gasteiger partial charge in [0.2, 0.25) is 0 Å². The van der Waals surface area contributed by atoms with Crippen LogP contribution in [0.4, 0.5) is 5.69 Å². The summed E-state index contributed by atoms with van der Waals surface area (Å²) in [5.74, 6) is 0. The third kappa shape index (κ3) is 3.67. The van der Waals surface area contributed by atoms with Gasteiger partial charge in [-0.05, 0) is 80.3 Å². The van der Waals surface area contributed by atoms with E-state index in [9.17, 15) is 0 Å². The fourth-order valence-corrected chi connectivity index (χ4v) is 5.86. The van der Waals surface area contributed by atoms with E-state index in [0.29, 0.717) is 0 Å². The monoisotopic (exact) mass is 488 g/mol. The number of hydrogen-bond acceptors (Lipinski definition) is 2. The molecule has 0 radical (unpaired) electrons. The normalized spacial score (nSPS) is 17.5. The summed E-state index contributed by atoms with van der Waals surface area (Å²) in [5.41, 5.74) is 8.12.